The van der Waals surface area contributed by atoms with Gasteiger partial charge in [0, 0.05) is 17.3 Å². The summed E-state index contributed by atoms with van der Waals surface area (Å²) in [4.78, 5) is 38.5. The van der Waals surface area contributed by atoms with E-state index in [0.29, 0.717) is 23.2 Å². The molecule has 9 nitrogen and oxygen atoms in total. The minimum Gasteiger partial charge on any atom is -0.454 e. The van der Waals surface area contributed by atoms with Crippen molar-refractivity contribution in [2.24, 2.45) is 5.14 Å². The summed E-state index contributed by atoms with van der Waals surface area (Å²) in [5.74, 6) is -1.62. The van der Waals surface area contributed by atoms with Crippen molar-refractivity contribution < 1.29 is 27.5 Å². The van der Waals surface area contributed by atoms with Crippen LogP contribution in [-0.2, 0) is 36.2 Å². The van der Waals surface area contributed by atoms with Crippen LogP contribution in [0.5, 0.6) is 0 Å². The van der Waals surface area contributed by atoms with Gasteiger partial charge in [0.05, 0.1) is 4.90 Å². The fourth-order valence-corrected chi connectivity index (χ4v) is 4.37. The number of anilines is 1. The molecule has 1 aliphatic rings. The molecule has 0 fully saturated rings. The van der Waals surface area contributed by atoms with Crippen molar-refractivity contribution in [2.45, 2.75) is 50.5 Å². The number of esters is 1. The molecule has 2 aromatic rings. The largest absolute Gasteiger partial charge is 0.454 e. The van der Waals surface area contributed by atoms with Crippen LogP contribution in [0.3, 0.4) is 0 Å². The molecule has 0 saturated carbocycles. The second-order valence-electron chi connectivity index (χ2n) is 9.32. The summed E-state index contributed by atoms with van der Waals surface area (Å²) in [6.45, 7) is 7.14. The van der Waals surface area contributed by atoms with E-state index in [1.807, 2.05) is 19.1 Å². The number of rotatable bonds is 6. The highest BCUT2D eigenvalue weighted by molar-refractivity contribution is 7.89. The van der Waals surface area contributed by atoms with Gasteiger partial charge >= 0.3 is 5.97 Å². The minimum atomic E-state index is -3.85. The number of benzene rings is 2. The summed E-state index contributed by atoms with van der Waals surface area (Å²) in [5, 5.41) is 7.66. The van der Waals surface area contributed by atoms with E-state index < -0.39 is 34.4 Å². The van der Waals surface area contributed by atoms with Gasteiger partial charge in [-0.2, -0.15) is 0 Å². The quantitative estimate of drug-likeness (QED) is 0.597. The predicted octanol–water partition coefficient (Wildman–Crippen LogP) is 1.88. The van der Waals surface area contributed by atoms with E-state index in [4.69, 9.17) is 9.88 Å². The van der Waals surface area contributed by atoms with E-state index in [0.717, 1.165) is 5.56 Å². The standard InChI is InChI=1S/C24H29N3O6S/c1-15-11-17-12-19(34(25,31)32)9-10-20(17)27(15)21(28)14-33-22(29)13-26-23(30)16-5-7-18(8-6-16)24(2,3)4/h5-10,12,15H,11,13-14H2,1-4H3,(H,26,30)(H2,25,31,32)/t15-/m1/s1. The summed E-state index contributed by atoms with van der Waals surface area (Å²) >= 11 is 0. The maximum absolute atomic E-state index is 12.7. The summed E-state index contributed by atoms with van der Waals surface area (Å²) < 4.78 is 28.2. The maximum atomic E-state index is 12.7. The van der Waals surface area contributed by atoms with Gasteiger partial charge in [0.1, 0.15) is 6.54 Å². The predicted molar refractivity (Wildman–Crippen MR) is 127 cm³/mol. The molecular formula is C24H29N3O6S. The molecule has 10 heteroatoms. The zero-order chi connectivity index (χ0) is 25.3. The lowest BCUT2D eigenvalue weighted by molar-refractivity contribution is -0.146. The number of carbonyl (C=O) groups is 3. The number of hydrogen-bond acceptors (Lipinski definition) is 6. The fraction of sp³-hybridized carbons (Fsp3) is 0.375. The van der Waals surface area contributed by atoms with Crippen molar-refractivity contribution in [3.05, 3.63) is 59.2 Å². The fourth-order valence-electron chi connectivity index (χ4n) is 3.80. The Labute approximate surface area is 199 Å². The van der Waals surface area contributed by atoms with Crippen LogP contribution >= 0.6 is 0 Å². The maximum Gasteiger partial charge on any atom is 0.325 e. The van der Waals surface area contributed by atoms with Gasteiger partial charge < -0.3 is 15.0 Å². The smallest absolute Gasteiger partial charge is 0.325 e. The molecule has 0 saturated heterocycles. The normalized spacial score (nSPS) is 15.6. The number of nitrogens with one attached hydrogen (secondary N) is 1. The molecule has 0 radical (unpaired) electrons. The van der Waals surface area contributed by atoms with Crippen LogP contribution in [0.15, 0.2) is 47.4 Å². The molecule has 1 atom stereocenters. The molecule has 34 heavy (non-hydrogen) atoms. The van der Waals surface area contributed by atoms with E-state index in [9.17, 15) is 22.8 Å². The number of nitrogens with zero attached hydrogens (tertiary/aromatic N) is 1. The first-order valence-corrected chi connectivity index (χ1v) is 12.3. The summed E-state index contributed by atoms with van der Waals surface area (Å²) in [5.41, 5.74) is 2.68. The first-order chi connectivity index (χ1) is 15.8. The lowest BCUT2D eigenvalue weighted by Gasteiger charge is -2.22. The van der Waals surface area contributed by atoms with Crippen LogP contribution in [0.4, 0.5) is 5.69 Å². The van der Waals surface area contributed by atoms with E-state index in [2.05, 4.69) is 26.1 Å². The van der Waals surface area contributed by atoms with Gasteiger partial charge in [0.15, 0.2) is 6.61 Å². The first-order valence-electron chi connectivity index (χ1n) is 10.8. The highest BCUT2D eigenvalue weighted by Crippen LogP contribution is 2.33. The third-order valence-corrected chi connectivity index (χ3v) is 6.54. The number of hydrogen-bond donors (Lipinski definition) is 2. The zero-order valence-corrected chi connectivity index (χ0v) is 20.4. The molecule has 0 spiro atoms. The Morgan fingerprint density at radius 2 is 1.76 bits per heavy atom. The molecule has 1 heterocycles. The van der Waals surface area contributed by atoms with Crippen LogP contribution in [-0.4, -0.2) is 45.4 Å². The van der Waals surface area contributed by atoms with Crippen molar-refractivity contribution in [1.29, 1.82) is 0 Å². The zero-order valence-electron chi connectivity index (χ0n) is 19.6. The summed E-state index contributed by atoms with van der Waals surface area (Å²) in [6, 6.07) is 11.2. The molecule has 3 N–H and O–H groups in total. The van der Waals surface area contributed by atoms with Crippen molar-refractivity contribution >= 4 is 33.5 Å². The third kappa shape index (κ3) is 5.81. The molecule has 2 amide bonds. The van der Waals surface area contributed by atoms with E-state index in [1.54, 1.807) is 12.1 Å². The Morgan fingerprint density at radius 3 is 2.35 bits per heavy atom. The van der Waals surface area contributed by atoms with E-state index >= 15 is 0 Å². The number of carbonyl (C=O) groups excluding carboxylic acids is 3. The first kappa shape index (κ1) is 25.4. The monoisotopic (exact) mass is 487 g/mol. The highest BCUT2D eigenvalue weighted by atomic mass is 32.2. The van der Waals surface area contributed by atoms with Gasteiger partial charge in [-0.05, 0) is 60.2 Å². The number of ether oxygens (including phenoxy) is 1. The van der Waals surface area contributed by atoms with Crippen molar-refractivity contribution in [3.63, 3.8) is 0 Å². The second kappa shape index (κ2) is 9.55. The molecule has 3 rings (SSSR count). The van der Waals surface area contributed by atoms with Gasteiger partial charge in [-0.25, -0.2) is 13.6 Å². The summed E-state index contributed by atoms with van der Waals surface area (Å²) in [6.07, 6.45) is 0.447. The number of fused-ring (bicyclic) bond motifs is 1. The second-order valence-corrected chi connectivity index (χ2v) is 10.9. The molecule has 0 unspecified atom stereocenters. The molecule has 0 bridgehead atoms. The van der Waals surface area contributed by atoms with Crippen LogP contribution < -0.4 is 15.4 Å². The lowest BCUT2D eigenvalue weighted by atomic mass is 9.87. The SMILES string of the molecule is C[C@@H]1Cc2cc(S(N)(=O)=O)ccc2N1C(=O)COC(=O)CNC(=O)c1ccc(C(C)(C)C)cc1. The molecule has 182 valence electrons. The van der Waals surface area contributed by atoms with Crippen LogP contribution in [0, 0.1) is 0 Å². The Hall–Kier alpha value is -3.24. The van der Waals surface area contributed by atoms with E-state index in [-0.39, 0.29) is 22.9 Å². The van der Waals surface area contributed by atoms with Crippen molar-refractivity contribution in [1.82, 2.24) is 5.32 Å². The summed E-state index contributed by atoms with van der Waals surface area (Å²) in [7, 11) is -3.85. The molecule has 2 aromatic carbocycles. The minimum absolute atomic E-state index is 0.0250. The van der Waals surface area contributed by atoms with Gasteiger partial charge in [-0.3, -0.25) is 14.4 Å². The number of nitrogens with two attached hydrogens (primary N) is 1. The van der Waals surface area contributed by atoms with E-state index in [1.165, 1.54) is 23.1 Å². The highest BCUT2D eigenvalue weighted by Gasteiger charge is 2.32. The van der Waals surface area contributed by atoms with Crippen molar-refractivity contribution in [2.75, 3.05) is 18.1 Å². The van der Waals surface area contributed by atoms with Gasteiger partial charge in [0.25, 0.3) is 11.8 Å². The Morgan fingerprint density at radius 1 is 1.12 bits per heavy atom. The van der Waals surface area contributed by atoms with Crippen LogP contribution in [0.2, 0.25) is 0 Å². The number of amides is 2. The number of primary sulfonamides is 1. The molecule has 1 aliphatic heterocycles. The molecular weight excluding hydrogens is 458 g/mol. The lowest BCUT2D eigenvalue weighted by Crippen LogP contribution is -2.39. The average Bonchev–Trinajstić information content (AvgIpc) is 3.09. The van der Waals surface area contributed by atoms with Gasteiger partial charge in [-0.1, -0.05) is 32.9 Å². The molecule has 0 aromatic heterocycles. The Bertz CT molecular complexity index is 1220. The van der Waals surface area contributed by atoms with Crippen LogP contribution in [0.1, 0.15) is 49.2 Å². The van der Waals surface area contributed by atoms with Crippen LogP contribution in [0.25, 0.3) is 0 Å². The number of sulfonamides is 1. The topological polar surface area (TPSA) is 136 Å². The molecule has 0 aliphatic carbocycles. The third-order valence-electron chi connectivity index (χ3n) is 5.63. The van der Waals surface area contributed by atoms with Gasteiger partial charge in [0.2, 0.25) is 10.0 Å². The Kier molecular flexibility index (Phi) is 7.13. The average molecular weight is 488 g/mol. The Balaban J connectivity index is 1.53. The van der Waals surface area contributed by atoms with Gasteiger partial charge in [-0.15, -0.1) is 0 Å². The van der Waals surface area contributed by atoms with Crippen molar-refractivity contribution in [3.8, 4) is 0 Å².